The largest absolute Gasteiger partial charge is 0.469 e. The van der Waals surface area contributed by atoms with Crippen LogP contribution in [0.1, 0.15) is 104 Å². The summed E-state index contributed by atoms with van der Waals surface area (Å²) in [5, 5.41) is 0. The maximum atomic E-state index is 12.1. The molecule has 8 nitrogen and oxygen atoms in total. The van der Waals surface area contributed by atoms with Crippen molar-refractivity contribution in [2.75, 3.05) is 13.2 Å². The number of carbonyl (C=O) groups excluding carboxylic acids is 2. The number of phosphoric acid groups is 1. The van der Waals surface area contributed by atoms with Gasteiger partial charge in [-0.15, -0.1) is 0 Å². The zero-order chi connectivity index (χ0) is 24.1. The molecule has 188 valence electrons. The van der Waals surface area contributed by atoms with Crippen molar-refractivity contribution >= 4 is 19.8 Å². The van der Waals surface area contributed by atoms with Crippen LogP contribution in [-0.4, -0.2) is 41.0 Å². The average molecular weight is 479 g/mol. The molecule has 0 radical (unpaired) electrons. The predicted molar refractivity (Wildman–Crippen MR) is 124 cm³/mol. The van der Waals surface area contributed by atoms with Crippen LogP contribution in [0.5, 0.6) is 0 Å². The summed E-state index contributed by atoms with van der Waals surface area (Å²) in [6, 6.07) is 0. The molecule has 1 unspecified atom stereocenters. The second-order valence-electron chi connectivity index (χ2n) is 7.96. The van der Waals surface area contributed by atoms with E-state index in [0.717, 1.165) is 51.4 Å². The van der Waals surface area contributed by atoms with Crippen LogP contribution in [0.25, 0.3) is 0 Å². The Kier molecular flexibility index (Phi) is 19.6. The molecule has 0 saturated carbocycles. The number of ether oxygens (including phenoxy) is 2. The third-order valence-corrected chi connectivity index (χ3v) is 5.27. The Morgan fingerprint density at radius 3 is 2.00 bits per heavy atom. The molecule has 0 aliphatic heterocycles. The zero-order valence-electron chi connectivity index (χ0n) is 19.8. The van der Waals surface area contributed by atoms with Gasteiger partial charge in [-0.3, -0.25) is 14.1 Å². The summed E-state index contributed by atoms with van der Waals surface area (Å²) in [4.78, 5) is 41.6. The minimum atomic E-state index is -4.72. The lowest BCUT2D eigenvalue weighted by Gasteiger charge is -2.18. The highest BCUT2D eigenvalue weighted by Gasteiger charge is 2.22. The molecular weight excluding hydrogens is 435 g/mol. The Labute approximate surface area is 193 Å². The lowest BCUT2D eigenvalue weighted by atomic mass is 10.1. The molecule has 0 aliphatic carbocycles. The van der Waals surface area contributed by atoms with Gasteiger partial charge < -0.3 is 19.3 Å². The number of hydrogen-bond donors (Lipinski definition) is 2. The van der Waals surface area contributed by atoms with Gasteiger partial charge >= 0.3 is 19.8 Å². The number of esters is 2. The fraction of sp³-hybridized carbons (Fsp3) is 0.826. The summed E-state index contributed by atoms with van der Waals surface area (Å²) in [6.07, 6.45) is 16.0. The third kappa shape index (κ3) is 22.0. The summed E-state index contributed by atoms with van der Waals surface area (Å²) in [6.45, 7) is 3.38. The summed E-state index contributed by atoms with van der Waals surface area (Å²) in [5.74, 6) is -0.930. The van der Waals surface area contributed by atoms with Gasteiger partial charge in [-0.05, 0) is 32.1 Å². The van der Waals surface area contributed by atoms with Crippen molar-refractivity contribution in [3.63, 3.8) is 0 Å². The highest BCUT2D eigenvalue weighted by atomic mass is 31.2. The molecule has 0 aromatic heterocycles. The maximum Gasteiger partial charge on any atom is 0.469 e. The van der Waals surface area contributed by atoms with Crippen molar-refractivity contribution in [3.05, 3.63) is 12.2 Å². The monoisotopic (exact) mass is 478 g/mol. The summed E-state index contributed by atoms with van der Waals surface area (Å²) in [5.41, 5.74) is 0. The molecule has 2 N–H and O–H groups in total. The number of rotatable bonds is 21. The Hall–Kier alpha value is -1.21. The van der Waals surface area contributed by atoms with Gasteiger partial charge in [-0.1, -0.05) is 70.9 Å². The molecule has 0 heterocycles. The smallest absolute Gasteiger partial charge is 0.462 e. The van der Waals surface area contributed by atoms with Crippen LogP contribution in [0, 0.1) is 0 Å². The highest BCUT2D eigenvalue weighted by Crippen LogP contribution is 2.35. The van der Waals surface area contributed by atoms with Crippen molar-refractivity contribution in [2.45, 2.75) is 110 Å². The lowest BCUT2D eigenvalue weighted by molar-refractivity contribution is -0.161. The Morgan fingerprint density at radius 1 is 0.781 bits per heavy atom. The van der Waals surface area contributed by atoms with Gasteiger partial charge in [0.05, 0.1) is 6.61 Å². The van der Waals surface area contributed by atoms with Crippen molar-refractivity contribution in [1.82, 2.24) is 0 Å². The standard InChI is InChI=1S/C23H43O8P/c1-3-5-7-8-9-10-11-12-13-14-16-18-23(25)31-21(20-30-32(26,27)28)19-29-22(24)17-15-6-4-2/h8-9,21H,3-7,10-20H2,1-2H3,(H2,26,27,28)/b9-8-. The molecule has 1 atom stereocenters. The Bertz CT molecular complexity index is 558. The SMILES string of the molecule is CCCC/C=C\CCCCCCCC(=O)OC(COC(=O)CCCCC)COP(=O)(O)O. The van der Waals surface area contributed by atoms with Gasteiger partial charge in [-0.25, -0.2) is 4.57 Å². The van der Waals surface area contributed by atoms with Crippen LogP contribution in [0.2, 0.25) is 0 Å². The Morgan fingerprint density at radius 2 is 1.34 bits per heavy atom. The average Bonchev–Trinajstić information content (AvgIpc) is 2.73. The summed E-state index contributed by atoms with van der Waals surface area (Å²) < 4.78 is 25.7. The van der Waals surface area contributed by atoms with Crippen molar-refractivity contribution < 1.29 is 37.9 Å². The molecule has 0 aliphatic rings. The number of hydrogen-bond acceptors (Lipinski definition) is 6. The van der Waals surface area contributed by atoms with Crippen molar-refractivity contribution in [2.24, 2.45) is 0 Å². The van der Waals surface area contributed by atoms with Gasteiger partial charge in [0.2, 0.25) is 0 Å². The molecule has 0 fully saturated rings. The fourth-order valence-corrected chi connectivity index (χ4v) is 3.30. The quantitative estimate of drug-likeness (QED) is 0.0946. The van der Waals surface area contributed by atoms with Gasteiger partial charge in [0, 0.05) is 12.8 Å². The van der Waals surface area contributed by atoms with E-state index in [9.17, 15) is 14.2 Å². The molecule has 0 aromatic rings. The normalized spacial score (nSPS) is 12.8. The first-order valence-corrected chi connectivity index (χ1v) is 13.5. The maximum absolute atomic E-state index is 12.1. The van der Waals surface area contributed by atoms with Gasteiger partial charge in [0.25, 0.3) is 0 Å². The molecule has 32 heavy (non-hydrogen) atoms. The van der Waals surface area contributed by atoms with E-state index in [1.807, 2.05) is 6.92 Å². The van der Waals surface area contributed by atoms with E-state index in [-0.39, 0.29) is 19.4 Å². The zero-order valence-corrected chi connectivity index (χ0v) is 20.7. The van der Waals surface area contributed by atoms with Crippen LogP contribution in [-0.2, 0) is 28.2 Å². The third-order valence-electron chi connectivity index (χ3n) is 4.78. The summed E-state index contributed by atoms with van der Waals surface area (Å²) >= 11 is 0. The van der Waals surface area contributed by atoms with Gasteiger partial charge in [0.15, 0.2) is 6.10 Å². The first-order valence-electron chi connectivity index (χ1n) is 12.0. The van der Waals surface area contributed by atoms with E-state index >= 15 is 0 Å². The number of unbranched alkanes of at least 4 members (excludes halogenated alkanes) is 9. The van der Waals surface area contributed by atoms with E-state index < -0.39 is 32.5 Å². The van der Waals surface area contributed by atoms with Crippen LogP contribution >= 0.6 is 7.82 Å². The van der Waals surface area contributed by atoms with Gasteiger partial charge in [-0.2, -0.15) is 0 Å². The molecule has 9 heteroatoms. The van der Waals surface area contributed by atoms with Gasteiger partial charge in [0.1, 0.15) is 6.61 Å². The molecule has 0 amide bonds. The molecule has 0 rings (SSSR count). The van der Waals surface area contributed by atoms with E-state index in [1.54, 1.807) is 0 Å². The fourth-order valence-electron chi connectivity index (χ4n) is 2.94. The van der Waals surface area contributed by atoms with Crippen LogP contribution < -0.4 is 0 Å². The van der Waals surface area contributed by atoms with E-state index in [4.69, 9.17) is 19.3 Å². The number of allylic oxidation sites excluding steroid dienone is 2. The second-order valence-corrected chi connectivity index (χ2v) is 9.20. The number of carbonyl (C=O) groups is 2. The first-order chi connectivity index (χ1) is 15.3. The van der Waals surface area contributed by atoms with Crippen LogP contribution in [0.15, 0.2) is 12.2 Å². The minimum Gasteiger partial charge on any atom is -0.462 e. The van der Waals surface area contributed by atoms with Crippen LogP contribution in [0.3, 0.4) is 0 Å². The van der Waals surface area contributed by atoms with E-state index in [2.05, 4.69) is 23.6 Å². The second kappa shape index (κ2) is 20.4. The van der Waals surface area contributed by atoms with E-state index in [0.29, 0.717) is 12.8 Å². The van der Waals surface area contributed by atoms with Crippen molar-refractivity contribution in [1.29, 1.82) is 0 Å². The molecule has 0 spiro atoms. The first kappa shape index (κ1) is 30.8. The molecule has 0 aromatic carbocycles. The molecule has 0 saturated heterocycles. The topological polar surface area (TPSA) is 119 Å². The van der Waals surface area contributed by atoms with Crippen LogP contribution in [0.4, 0.5) is 0 Å². The Balaban J connectivity index is 4.10. The number of phosphoric ester groups is 1. The van der Waals surface area contributed by atoms with Crippen molar-refractivity contribution in [3.8, 4) is 0 Å². The minimum absolute atomic E-state index is 0.202. The lowest BCUT2D eigenvalue weighted by Crippen LogP contribution is -2.29. The highest BCUT2D eigenvalue weighted by molar-refractivity contribution is 7.46. The molecule has 0 bridgehead atoms. The predicted octanol–water partition coefficient (Wildman–Crippen LogP) is 5.61. The van der Waals surface area contributed by atoms with E-state index in [1.165, 1.54) is 12.8 Å². The molecular formula is C23H43O8P. The summed E-state index contributed by atoms with van der Waals surface area (Å²) in [7, 11) is -4.72.